The maximum absolute atomic E-state index is 14.9. The molecule has 4 aromatic carbocycles. The Kier molecular flexibility index (Phi) is 6.25. The normalized spacial score (nSPS) is 12.5. The van der Waals surface area contributed by atoms with E-state index in [1.54, 1.807) is 55.5 Å². The van der Waals surface area contributed by atoms with Gasteiger partial charge in [-0.05, 0) is 54.8 Å². The van der Waals surface area contributed by atoms with Gasteiger partial charge in [0.1, 0.15) is 28.9 Å². The summed E-state index contributed by atoms with van der Waals surface area (Å²) in [6.45, 7) is 3.12. The molecular formula is C29H21BF2O5. The summed E-state index contributed by atoms with van der Waals surface area (Å²) in [7, 11) is -1.34. The number of Topliss-reactive ketones (excluding diaryl/α,β-unsaturated/α-hetero) is 1. The fourth-order valence-electron chi connectivity index (χ4n) is 4.46. The number of benzene rings is 4. The molecule has 1 heterocycles. The van der Waals surface area contributed by atoms with Gasteiger partial charge in [-0.1, -0.05) is 42.5 Å². The summed E-state index contributed by atoms with van der Waals surface area (Å²) in [5.41, 5.74) is 2.22. The molecule has 5 rings (SSSR count). The predicted molar refractivity (Wildman–Crippen MR) is 135 cm³/mol. The monoisotopic (exact) mass is 498 g/mol. The van der Waals surface area contributed by atoms with E-state index in [1.807, 2.05) is 0 Å². The van der Waals surface area contributed by atoms with Crippen LogP contribution in [0.1, 0.15) is 49.9 Å². The molecule has 0 fully saturated rings. The van der Waals surface area contributed by atoms with Crippen molar-refractivity contribution in [3.8, 4) is 17.2 Å². The summed E-state index contributed by atoms with van der Waals surface area (Å²) in [6.07, 6.45) is 0.114. The van der Waals surface area contributed by atoms with Crippen LogP contribution in [0.4, 0.5) is 8.78 Å². The quantitative estimate of drug-likeness (QED) is 0.311. The first-order valence-corrected chi connectivity index (χ1v) is 11.6. The number of phenols is 1. The molecular weight excluding hydrogens is 477 g/mol. The first kappa shape index (κ1) is 24.2. The minimum absolute atomic E-state index is 0.0490. The number of hydrogen-bond donors (Lipinski definition) is 1. The lowest BCUT2D eigenvalue weighted by Gasteiger charge is -2.26. The van der Waals surface area contributed by atoms with Crippen molar-refractivity contribution in [3.05, 3.63) is 118 Å². The van der Waals surface area contributed by atoms with Gasteiger partial charge in [0.25, 0.3) is 0 Å². The summed E-state index contributed by atoms with van der Waals surface area (Å²) < 4.78 is 40.8. The van der Waals surface area contributed by atoms with Gasteiger partial charge in [0.15, 0.2) is 11.6 Å². The van der Waals surface area contributed by atoms with Crippen LogP contribution < -0.4 is 14.8 Å². The number of aryl methyl sites for hydroxylation is 1. The fraction of sp³-hybridized carbons (Fsp3) is 0.103. The molecule has 0 saturated heterocycles. The highest BCUT2D eigenvalue weighted by Gasteiger charge is 2.37. The Balaban J connectivity index is 1.69. The molecule has 0 bridgehead atoms. The molecule has 1 aliphatic rings. The van der Waals surface area contributed by atoms with Crippen LogP contribution >= 0.6 is 0 Å². The van der Waals surface area contributed by atoms with E-state index >= 15 is 0 Å². The highest BCUT2D eigenvalue weighted by molar-refractivity contribution is 6.63. The van der Waals surface area contributed by atoms with E-state index in [0.717, 1.165) is 12.1 Å². The number of phenolic OH excluding ortho intramolecular Hbond substituents is 1. The van der Waals surface area contributed by atoms with Crippen molar-refractivity contribution in [1.82, 2.24) is 0 Å². The molecule has 0 saturated carbocycles. The van der Waals surface area contributed by atoms with Crippen LogP contribution in [-0.2, 0) is 6.42 Å². The van der Waals surface area contributed by atoms with Crippen LogP contribution in [0.2, 0.25) is 0 Å². The topological polar surface area (TPSA) is 72.8 Å². The van der Waals surface area contributed by atoms with Gasteiger partial charge in [-0.3, -0.25) is 9.59 Å². The van der Waals surface area contributed by atoms with Gasteiger partial charge in [0.2, 0.25) is 0 Å². The lowest BCUT2D eigenvalue weighted by Crippen LogP contribution is -2.46. The van der Waals surface area contributed by atoms with Crippen LogP contribution in [0.5, 0.6) is 17.2 Å². The first-order valence-electron chi connectivity index (χ1n) is 11.6. The van der Waals surface area contributed by atoms with Crippen LogP contribution in [0, 0.1) is 18.6 Å². The van der Waals surface area contributed by atoms with E-state index in [1.165, 1.54) is 19.1 Å². The number of halogens is 2. The number of ketones is 2. The highest BCUT2D eigenvalue weighted by Crippen LogP contribution is 2.36. The van der Waals surface area contributed by atoms with Crippen LogP contribution in [-0.4, -0.2) is 23.8 Å². The van der Waals surface area contributed by atoms with Crippen molar-refractivity contribution in [2.24, 2.45) is 0 Å². The van der Waals surface area contributed by atoms with Gasteiger partial charge < -0.3 is 14.4 Å². The third-order valence-electron chi connectivity index (χ3n) is 6.34. The highest BCUT2D eigenvalue weighted by atomic mass is 19.1. The van der Waals surface area contributed by atoms with Crippen molar-refractivity contribution in [3.63, 3.8) is 0 Å². The van der Waals surface area contributed by atoms with E-state index in [2.05, 4.69) is 0 Å². The average Bonchev–Trinajstić information content (AvgIpc) is 2.85. The minimum Gasteiger partial charge on any atom is -0.521 e. The maximum atomic E-state index is 14.9. The number of rotatable bonds is 4. The Morgan fingerprint density at radius 3 is 2.27 bits per heavy atom. The van der Waals surface area contributed by atoms with E-state index < -0.39 is 18.8 Å². The molecule has 0 unspecified atom stereocenters. The zero-order chi connectivity index (χ0) is 26.3. The second kappa shape index (κ2) is 9.54. The van der Waals surface area contributed by atoms with Gasteiger partial charge in [-0.25, -0.2) is 8.78 Å². The van der Waals surface area contributed by atoms with Crippen LogP contribution in [0.3, 0.4) is 0 Å². The van der Waals surface area contributed by atoms with Gasteiger partial charge in [-0.15, -0.1) is 0 Å². The van der Waals surface area contributed by atoms with Gasteiger partial charge in [0.05, 0.1) is 16.7 Å². The zero-order valence-corrected chi connectivity index (χ0v) is 20.0. The molecule has 1 aliphatic heterocycles. The Hall–Kier alpha value is -4.46. The Morgan fingerprint density at radius 2 is 1.54 bits per heavy atom. The number of hydrogen-bond acceptors (Lipinski definition) is 5. The summed E-state index contributed by atoms with van der Waals surface area (Å²) in [5, 5.41) is 10.7. The minimum atomic E-state index is -1.34. The molecule has 5 nitrogen and oxygen atoms in total. The summed E-state index contributed by atoms with van der Waals surface area (Å²) in [4.78, 5) is 25.5. The van der Waals surface area contributed by atoms with E-state index in [9.17, 15) is 23.5 Å². The smallest absolute Gasteiger partial charge is 0.521 e. The van der Waals surface area contributed by atoms with Crippen molar-refractivity contribution < 1.29 is 32.8 Å². The fourth-order valence-corrected chi connectivity index (χ4v) is 4.46. The van der Waals surface area contributed by atoms with Crippen LogP contribution in [0.15, 0.2) is 72.8 Å². The summed E-state index contributed by atoms with van der Waals surface area (Å²) in [5.74, 6) is -2.04. The van der Waals surface area contributed by atoms with E-state index in [0.29, 0.717) is 16.7 Å². The van der Waals surface area contributed by atoms with E-state index in [-0.39, 0.29) is 57.4 Å². The SMILES string of the molecule is CC(=O)c1cccc(Cc2cccc3c2OB(c2ccc(F)cc2F)Oc2c(C)cccc2C3=O)c1O. The Labute approximate surface area is 212 Å². The predicted octanol–water partition coefficient (Wildman–Crippen LogP) is 5.17. The number of aromatic hydroxyl groups is 1. The lowest BCUT2D eigenvalue weighted by molar-refractivity contribution is 0.101. The largest absolute Gasteiger partial charge is 0.635 e. The molecule has 0 aromatic heterocycles. The molecule has 4 aromatic rings. The molecule has 0 aliphatic carbocycles. The van der Waals surface area contributed by atoms with Gasteiger partial charge in [0, 0.05) is 17.9 Å². The first-order chi connectivity index (χ1) is 17.7. The third-order valence-corrected chi connectivity index (χ3v) is 6.34. The number of fused-ring (bicyclic) bond motifs is 2. The van der Waals surface area contributed by atoms with Crippen molar-refractivity contribution in [1.29, 1.82) is 0 Å². The van der Waals surface area contributed by atoms with E-state index in [4.69, 9.17) is 9.31 Å². The lowest BCUT2D eigenvalue weighted by atomic mass is 9.76. The molecule has 0 atom stereocenters. The molecule has 0 radical (unpaired) electrons. The summed E-state index contributed by atoms with van der Waals surface area (Å²) >= 11 is 0. The molecule has 0 spiro atoms. The molecule has 8 heteroatoms. The number of para-hydroxylation sites is 3. The molecule has 1 N–H and O–H groups in total. The summed E-state index contributed by atoms with van der Waals surface area (Å²) in [6, 6.07) is 18.0. The van der Waals surface area contributed by atoms with Crippen molar-refractivity contribution >= 4 is 24.1 Å². The van der Waals surface area contributed by atoms with Crippen molar-refractivity contribution in [2.45, 2.75) is 20.3 Å². The Morgan fingerprint density at radius 1 is 0.892 bits per heavy atom. The van der Waals surface area contributed by atoms with Crippen LogP contribution in [0.25, 0.3) is 0 Å². The second-order valence-corrected chi connectivity index (χ2v) is 8.85. The maximum Gasteiger partial charge on any atom is 0.635 e. The third kappa shape index (κ3) is 4.46. The molecule has 184 valence electrons. The second-order valence-electron chi connectivity index (χ2n) is 8.85. The van der Waals surface area contributed by atoms with Crippen molar-refractivity contribution in [2.75, 3.05) is 0 Å². The molecule has 0 amide bonds. The number of carbonyl (C=O) groups excluding carboxylic acids is 2. The van der Waals surface area contributed by atoms with Gasteiger partial charge in [-0.2, -0.15) is 0 Å². The average molecular weight is 498 g/mol. The number of carbonyl (C=O) groups is 2. The van der Waals surface area contributed by atoms with Gasteiger partial charge >= 0.3 is 7.12 Å². The standard InChI is InChI=1S/C29H21BF2O5/c1-16-6-3-10-22-27(35)23-11-5-8-19(14-18-7-4-9-21(17(2)33)26(18)34)29(23)37-30(36-28(16)22)24-13-12-20(31)15-25(24)32/h3-13,15,34H,14H2,1-2H3. The Bertz CT molecular complexity index is 1570. The molecule has 37 heavy (non-hydrogen) atoms. The zero-order valence-electron chi connectivity index (χ0n) is 20.0.